The van der Waals surface area contributed by atoms with Crippen LogP contribution in [-0.4, -0.2) is 49.0 Å². The molecule has 3 heteroatoms. The number of aliphatic hydroxyl groups is 1. The first-order valence-corrected chi connectivity index (χ1v) is 4.14. The molecule has 1 saturated heterocycles. The minimum atomic E-state index is -0.395. The lowest BCUT2D eigenvalue weighted by Crippen LogP contribution is -2.61. The number of hydrogen-bond acceptors (Lipinski definition) is 3. The Balaban J connectivity index is 2.08. The quantitative estimate of drug-likeness (QED) is 0.631. The normalized spacial score (nSPS) is 23.2. The smallest absolute Gasteiger partial charge is 0.0897 e. The molecule has 0 radical (unpaired) electrons. The molecule has 1 fully saturated rings. The number of ether oxygens (including phenoxy) is 1. The zero-order valence-corrected chi connectivity index (χ0v) is 7.34. The van der Waals surface area contributed by atoms with Gasteiger partial charge in [-0.2, -0.15) is 0 Å². The Morgan fingerprint density at radius 3 is 2.64 bits per heavy atom. The van der Waals surface area contributed by atoms with Crippen molar-refractivity contribution in [3.63, 3.8) is 0 Å². The molecule has 3 nitrogen and oxygen atoms in total. The molecule has 0 aromatic rings. The SMILES string of the molecule is CCC1(O)CN(CCOC)C1. The lowest BCUT2D eigenvalue weighted by Gasteiger charge is -2.46. The third-order valence-corrected chi connectivity index (χ3v) is 2.31. The van der Waals surface area contributed by atoms with Gasteiger partial charge in [0.25, 0.3) is 0 Å². The minimum absolute atomic E-state index is 0.395. The Bertz CT molecular complexity index is 121. The maximum atomic E-state index is 9.61. The predicted molar refractivity (Wildman–Crippen MR) is 43.6 cm³/mol. The molecule has 1 heterocycles. The molecular formula is C8H17NO2. The predicted octanol–water partition coefficient (Wildman–Crippen LogP) is 0.0895. The van der Waals surface area contributed by atoms with Crippen LogP contribution in [0.5, 0.6) is 0 Å². The van der Waals surface area contributed by atoms with E-state index in [0.29, 0.717) is 0 Å². The zero-order chi connectivity index (χ0) is 8.32. The van der Waals surface area contributed by atoms with Crippen molar-refractivity contribution >= 4 is 0 Å². The molecule has 0 bridgehead atoms. The molecule has 0 unspecified atom stereocenters. The van der Waals surface area contributed by atoms with Crippen LogP contribution in [0, 0.1) is 0 Å². The van der Waals surface area contributed by atoms with E-state index in [9.17, 15) is 5.11 Å². The van der Waals surface area contributed by atoms with E-state index in [1.165, 1.54) is 0 Å². The van der Waals surface area contributed by atoms with E-state index in [1.807, 2.05) is 6.92 Å². The summed E-state index contributed by atoms with van der Waals surface area (Å²) in [6.45, 7) is 5.35. The average Bonchev–Trinajstić information content (AvgIpc) is 1.96. The first-order valence-electron chi connectivity index (χ1n) is 4.14. The maximum Gasteiger partial charge on any atom is 0.0897 e. The van der Waals surface area contributed by atoms with Crippen LogP contribution in [0.1, 0.15) is 13.3 Å². The van der Waals surface area contributed by atoms with Gasteiger partial charge in [0.2, 0.25) is 0 Å². The summed E-state index contributed by atoms with van der Waals surface area (Å²) >= 11 is 0. The second-order valence-corrected chi connectivity index (χ2v) is 3.28. The first-order chi connectivity index (χ1) is 5.20. The molecule has 1 rings (SSSR count). The van der Waals surface area contributed by atoms with Crippen molar-refractivity contribution in [1.82, 2.24) is 4.90 Å². The highest BCUT2D eigenvalue weighted by molar-refractivity contribution is 4.93. The van der Waals surface area contributed by atoms with Gasteiger partial charge < -0.3 is 9.84 Å². The molecule has 0 saturated carbocycles. The molecular weight excluding hydrogens is 142 g/mol. The number of nitrogens with zero attached hydrogens (tertiary/aromatic N) is 1. The van der Waals surface area contributed by atoms with Crippen LogP contribution in [0.4, 0.5) is 0 Å². The largest absolute Gasteiger partial charge is 0.387 e. The Kier molecular flexibility index (Phi) is 2.87. The highest BCUT2D eigenvalue weighted by Gasteiger charge is 2.38. The van der Waals surface area contributed by atoms with Crippen molar-refractivity contribution in [2.24, 2.45) is 0 Å². The summed E-state index contributed by atoms with van der Waals surface area (Å²) in [5.74, 6) is 0. The van der Waals surface area contributed by atoms with Gasteiger partial charge >= 0.3 is 0 Å². The molecule has 66 valence electrons. The number of likely N-dealkylation sites (tertiary alicyclic amines) is 1. The fourth-order valence-corrected chi connectivity index (χ4v) is 1.39. The zero-order valence-electron chi connectivity index (χ0n) is 7.34. The Morgan fingerprint density at radius 2 is 2.18 bits per heavy atom. The molecule has 0 aliphatic carbocycles. The maximum absolute atomic E-state index is 9.61. The molecule has 0 aromatic carbocycles. The topological polar surface area (TPSA) is 32.7 Å². The van der Waals surface area contributed by atoms with Gasteiger partial charge in [0.15, 0.2) is 0 Å². The Hall–Kier alpha value is -0.120. The lowest BCUT2D eigenvalue weighted by atomic mass is 9.91. The number of rotatable bonds is 4. The van der Waals surface area contributed by atoms with E-state index in [2.05, 4.69) is 4.90 Å². The van der Waals surface area contributed by atoms with E-state index in [0.717, 1.165) is 32.7 Å². The van der Waals surface area contributed by atoms with Crippen molar-refractivity contribution in [3.05, 3.63) is 0 Å². The van der Waals surface area contributed by atoms with E-state index in [4.69, 9.17) is 4.74 Å². The summed E-state index contributed by atoms with van der Waals surface area (Å²) in [5, 5.41) is 9.61. The summed E-state index contributed by atoms with van der Waals surface area (Å²) in [6.07, 6.45) is 0.858. The summed E-state index contributed by atoms with van der Waals surface area (Å²) in [4.78, 5) is 2.20. The number of hydrogen-bond donors (Lipinski definition) is 1. The fraction of sp³-hybridized carbons (Fsp3) is 1.00. The monoisotopic (exact) mass is 159 g/mol. The van der Waals surface area contributed by atoms with Gasteiger partial charge in [0.1, 0.15) is 0 Å². The molecule has 0 atom stereocenters. The van der Waals surface area contributed by atoms with E-state index in [1.54, 1.807) is 7.11 Å². The lowest BCUT2D eigenvalue weighted by molar-refractivity contribution is -0.104. The van der Waals surface area contributed by atoms with Crippen LogP contribution in [0.25, 0.3) is 0 Å². The van der Waals surface area contributed by atoms with Crippen LogP contribution in [0.15, 0.2) is 0 Å². The van der Waals surface area contributed by atoms with Gasteiger partial charge in [0, 0.05) is 26.7 Å². The molecule has 11 heavy (non-hydrogen) atoms. The summed E-state index contributed by atoms with van der Waals surface area (Å²) in [7, 11) is 1.70. The van der Waals surface area contributed by atoms with Crippen molar-refractivity contribution in [1.29, 1.82) is 0 Å². The molecule has 0 aromatic heterocycles. The highest BCUT2D eigenvalue weighted by Crippen LogP contribution is 2.22. The highest BCUT2D eigenvalue weighted by atomic mass is 16.5. The summed E-state index contributed by atoms with van der Waals surface area (Å²) < 4.78 is 4.93. The van der Waals surface area contributed by atoms with E-state index >= 15 is 0 Å². The van der Waals surface area contributed by atoms with E-state index < -0.39 is 5.60 Å². The average molecular weight is 159 g/mol. The number of β-amino-alcohol motifs (C(OH)–C–C–N with tert-alkyl or cyclic N) is 1. The summed E-state index contributed by atoms with van der Waals surface area (Å²) in [6, 6.07) is 0. The van der Waals surface area contributed by atoms with Gasteiger partial charge in [-0.3, -0.25) is 4.90 Å². The fourth-order valence-electron chi connectivity index (χ4n) is 1.39. The van der Waals surface area contributed by atoms with Crippen LogP contribution in [0.3, 0.4) is 0 Å². The molecule has 0 amide bonds. The van der Waals surface area contributed by atoms with Crippen molar-refractivity contribution in [3.8, 4) is 0 Å². The second kappa shape index (κ2) is 3.52. The molecule has 1 N–H and O–H groups in total. The van der Waals surface area contributed by atoms with Gasteiger partial charge in [-0.25, -0.2) is 0 Å². The van der Waals surface area contributed by atoms with Crippen LogP contribution in [-0.2, 0) is 4.74 Å². The standard InChI is InChI=1S/C8H17NO2/c1-3-8(10)6-9(7-8)4-5-11-2/h10H,3-7H2,1-2H3. The van der Waals surface area contributed by atoms with Crippen molar-refractivity contribution in [2.75, 3.05) is 33.4 Å². The van der Waals surface area contributed by atoms with E-state index in [-0.39, 0.29) is 0 Å². The van der Waals surface area contributed by atoms with Crippen LogP contribution < -0.4 is 0 Å². The first kappa shape index (κ1) is 8.97. The van der Waals surface area contributed by atoms with Gasteiger partial charge in [0.05, 0.1) is 12.2 Å². The number of methoxy groups -OCH3 is 1. The van der Waals surface area contributed by atoms with Gasteiger partial charge in [-0.1, -0.05) is 6.92 Å². The second-order valence-electron chi connectivity index (χ2n) is 3.28. The summed E-state index contributed by atoms with van der Waals surface area (Å²) in [5.41, 5.74) is -0.395. The third kappa shape index (κ3) is 2.15. The van der Waals surface area contributed by atoms with Crippen LogP contribution in [0.2, 0.25) is 0 Å². The van der Waals surface area contributed by atoms with Gasteiger partial charge in [-0.05, 0) is 6.42 Å². The molecule has 1 aliphatic heterocycles. The minimum Gasteiger partial charge on any atom is -0.387 e. The van der Waals surface area contributed by atoms with Gasteiger partial charge in [-0.15, -0.1) is 0 Å². The molecule has 0 spiro atoms. The Labute approximate surface area is 68.0 Å². The molecule has 1 aliphatic rings. The van der Waals surface area contributed by atoms with Crippen molar-refractivity contribution < 1.29 is 9.84 Å². The third-order valence-electron chi connectivity index (χ3n) is 2.31. The Morgan fingerprint density at radius 1 is 1.55 bits per heavy atom. The van der Waals surface area contributed by atoms with Crippen molar-refractivity contribution in [2.45, 2.75) is 18.9 Å². The van der Waals surface area contributed by atoms with Crippen LogP contribution >= 0.6 is 0 Å².